The number of imidazole rings is 1. The van der Waals surface area contributed by atoms with Crippen LogP contribution in [-0.2, 0) is 6.54 Å². The first-order valence-corrected chi connectivity index (χ1v) is 6.65. The monoisotopic (exact) mass is 304 g/mol. The van der Waals surface area contributed by atoms with Gasteiger partial charge in [0, 0.05) is 19.0 Å². The Hall–Kier alpha value is -1.50. The van der Waals surface area contributed by atoms with Crippen LogP contribution in [0.15, 0.2) is 18.2 Å². The number of rotatable bonds is 5. The lowest BCUT2D eigenvalue weighted by Gasteiger charge is -2.07. The Morgan fingerprint density at radius 2 is 2.05 bits per heavy atom. The normalized spacial score (nSPS) is 12.0. The highest BCUT2D eigenvalue weighted by atomic mass is 32.1. The van der Waals surface area contributed by atoms with Crippen molar-refractivity contribution in [1.82, 2.24) is 9.55 Å². The van der Waals surface area contributed by atoms with Crippen LogP contribution in [0.25, 0.3) is 11.0 Å². The number of nitrogens with one attached hydrogen (secondary N) is 1. The molecule has 1 aromatic heterocycles. The molecule has 7 heteroatoms. The molecule has 0 saturated heterocycles. The smallest absolute Gasteiger partial charge is 0.389 e. The third kappa shape index (κ3) is 3.53. The third-order valence-corrected chi connectivity index (χ3v) is 3.40. The van der Waals surface area contributed by atoms with Gasteiger partial charge >= 0.3 is 6.18 Å². The number of ether oxygens (including phenoxy) is 1. The minimum absolute atomic E-state index is 0.105. The molecule has 0 amide bonds. The van der Waals surface area contributed by atoms with Crippen LogP contribution in [0, 0.1) is 4.77 Å². The Labute approximate surface area is 119 Å². The summed E-state index contributed by atoms with van der Waals surface area (Å²) in [6.45, 7) is 0.473. The standard InChI is InChI=1S/C13H15F3N2OS/c1-19-9-4-5-11-10(8-9)17-12(20)18(11)7-3-2-6-13(14,15)16/h4-5,8H,2-3,6-7H2,1H3,(H,17,20). The molecule has 0 radical (unpaired) electrons. The molecule has 1 heterocycles. The molecule has 3 nitrogen and oxygen atoms in total. The molecule has 110 valence electrons. The van der Waals surface area contributed by atoms with Crippen molar-refractivity contribution in [2.45, 2.75) is 32.0 Å². The number of fused-ring (bicyclic) bond motifs is 1. The first kappa shape index (κ1) is 14.9. The molecule has 2 rings (SSSR count). The Balaban J connectivity index is 2.10. The molecule has 0 aliphatic rings. The number of aromatic amines is 1. The van der Waals surface area contributed by atoms with E-state index in [1.54, 1.807) is 13.2 Å². The number of benzene rings is 1. The summed E-state index contributed by atoms with van der Waals surface area (Å²) >= 11 is 5.20. The second kappa shape index (κ2) is 5.87. The minimum atomic E-state index is -4.09. The summed E-state index contributed by atoms with van der Waals surface area (Å²) < 4.78 is 43.7. The summed E-state index contributed by atoms with van der Waals surface area (Å²) in [7, 11) is 1.57. The summed E-state index contributed by atoms with van der Waals surface area (Å²) in [5.41, 5.74) is 1.70. The number of hydrogen-bond donors (Lipinski definition) is 1. The van der Waals surface area contributed by atoms with E-state index in [0.29, 0.717) is 23.5 Å². The third-order valence-electron chi connectivity index (χ3n) is 3.07. The molecule has 0 unspecified atom stereocenters. The van der Waals surface area contributed by atoms with Crippen LogP contribution >= 0.6 is 12.2 Å². The molecular weight excluding hydrogens is 289 g/mol. The van der Waals surface area contributed by atoms with Crippen LogP contribution in [0.5, 0.6) is 5.75 Å². The van der Waals surface area contributed by atoms with Gasteiger partial charge in [0.1, 0.15) is 5.75 Å². The van der Waals surface area contributed by atoms with Gasteiger partial charge in [-0.25, -0.2) is 0 Å². The average molecular weight is 304 g/mol. The Morgan fingerprint density at radius 1 is 1.30 bits per heavy atom. The van der Waals surface area contributed by atoms with Crippen molar-refractivity contribution in [3.63, 3.8) is 0 Å². The maximum Gasteiger partial charge on any atom is 0.389 e. The summed E-state index contributed by atoms with van der Waals surface area (Å²) in [5, 5.41) is 0. The van der Waals surface area contributed by atoms with Crippen LogP contribution in [-0.4, -0.2) is 22.8 Å². The van der Waals surface area contributed by atoms with E-state index in [9.17, 15) is 13.2 Å². The fourth-order valence-corrected chi connectivity index (χ4v) is 2.39. The SMILES string of the molecule is COc1ccc2c(c1)[nH]c(=S)n2CCCCC(F)(F)F. The molecule has 1 aromatic carbocycles. The highest BCUT2D eigenvalue weighted by Gasteiger charge is 2.25. The Kier molecular flexibility index (Phi) is 4.37. The number of alkyl halides is 3. The number of unbranched alkanes of at least 4 members (excludes halogenated alkanes) is 1. The van der Waals surface area contributed by atoms with E-state index < -0.39 is 12.6 Å². The van der Waals surface area contributed by atoms with Crippen molar-refractivity contribution >= 4 is 23.3 Å². The number of hydrogen-bond acceptors (Lipinski definition) is 2. The Morgan fingerprint density at radius 3 is 2.70 bits per heavy atom. The maximum absolute atomic E-state index is 12.1. The van der Waals surface area contributed by atoms with Crippen molar-refractivity contribution in [1.29, 1.82) is 0 Å². The molecule has 0 bridgehead atoms. The van der Waals surface area contributed by atoms with Crippen molar-refractivity contribution in [2.75, 3.05) is 7.11 Å². The minimum Gasteiger partial charge on any atom is -0.497 e. The molecule has 0 saturated carbocycles. The predicted octanol–water partition coefficient (Wildman–Crippen LogP) is 4.44. The maximum atomic E-state index is 12.1. The summed E-state index contributed by atoms with van der Waals surface area (Å²) in [6.07, 6.45) is -4.30. The summed E-state index contributed by atoms with van der Waals surface area (Å²) in [6, 6.07) is 5.47. The average Bonchev–Trinajstić information content (AvgIpc) is 2.68. The van der Waals surface area contributed by atoms with Gasteiger partial charge < -0.3 is 14.3 Å². The van der Waals surface area contributed by atoms with E-state index >= 15 is 0 Å². The van der Waals surface area contributed by atoms with Crippen molar-refractivity contribution in [2.24, 2.45) is 0 Å². The van der Waals surface area contributed by atoms with Crippen molar-refractivity contribution in [3.8, 4) is 5.75 Å². The molecule has 0 aliphatic carbocycles. The first-order chi connectivity index (χ1) is 9.40. The molecule has 20 heavy (non-hydrogen) atoms. The van der Waals surface area contributed by atoms with Crippen LogP contribution < -0.4 is 4.74 Å². The number of aryl methyl sites for hydroxylation is 1. The first-order valence-electron chi connectivity index (χ1n) is 6.24. The van der Waals surface area contributed by atoms with Crippen LogP contribution in [0.3, 0.4) is 0 Å². The highest BCUT2D eigenvalue weighted by molar-refractivity contribution is 7.71. The molecule has 1 N–H and O–H groups in total. The molecule has 0 fully saturated rings. The van der Waals surface area contributed by atoms with E-state index in [-0.39, 0.29) is 6.42 Å². The number of methoxy groups -OCH3 is 1. The second-order valence-corrected chi connectivity index (χ2v) is 4.92. The van der Waals surface area contributed by atoms with Crippen LogP contribution in [0.2, 0.25) is 0 Å². The fourth-order valence-electron chi connectivity index (χ4n) is 2.09. The van der Waals surface area contributed by atoms with Crippen LogP contribution in [0.4, 0.5) is 13.2 Å². The highest BCUT2D eigenvalue weighted by Crippen LogP contribution is 2.24. The van der Waals surface area contributed by atoms with Gasteiger partial charge in [0.05, 0.1) is 18.1 Å². The van der Waals surface area contributed by atoms with Gasteiger partial charge in [-0.15, -0.1) is 0 Å². The van der Waals surface area contributed by atoms with E-state index in [4.69, 9.17) is 17.0 Å². The largest absolute Gasteiger partial charge is 0.497 e. The molecule has 0 spiro atoms. The predicted molar refractivity (Wildman–Crippen MR) is 73.6 cm³/mol. The molecule has 0 aliphatic heterocycles. The zero-order valence-electron chi connectivity index (χ0n) is 11.0. The topological polar surface area (TPSA) is 29.9 Å². The van der Waals surface area contributed by atoms with Gasteiger partial charge in [-0.05, 0) is 37.2 Å². The zero-order chi connectivity index (χ0) is 14.8. The number of nitrogens with zero attached hydrogens (tertiary/aromatic N) is 1. The van der Waals surface area contributed by atoms with E-state index in [0.717, 1.165) is 11.0 Å². The fraction of sp³-hybridized carbons (Fsp3) is 0.462. The number of aromatic nitrogens is 2. The number of halogens is 3. The molecular formula is C13H15F3N2OS. The second-order valence-electron chi connectivity index (χ2n) is 4.54. The lowest BCUT2D eigenvalue weighted by atomic mass is 10.2. The van der Waals surface area contributed by atoms with E-state index in [1.807, 2.05) is 16.7 Å². The van der Waals surface area contributed by atoms with Crippen molar-refractivity contribution in [3.05, 3.63) is 23.0 Å². The van der Waals surface area contributed by atoms with Gasteiger partial charge in [0.2, 0.25) is 0 Å². The lowest BCUT2D eigenvalue weighted by molar-refractivity contribution is -0.135. The van der Waals surface area contributed by atoms with Crippen molar-refractivity contribution < 1.29 is 17.9 Å². The Bertz CT molecular complexity index is 645. The van der Waals surface area contributed by atoms with Gasteiger partial charge in [0.25, 0.3) is 0 Å². The van der Waals surface area contributed by atoms with Crippen LogP contribution in [0.1, 0.15) is 19.3 Å². The zero-order valence-corrected chi connectivity index (χ0v) is 11.8. The quantitative estimate of drug-likeness (QED) is 0.654. The lowest BCUT2D eigenvalue weighted by Crippen LogP contribution is -2.07. The van der Waals surface area contributed by atoms with Gasteiger partial charge in [-0.3, -0.25) is 0 Å². The van der Waals surface area contributed by atoms with Gasteiger partial charge in [-0.1, -0.05) is 0 Å². The van der Waals surface area contributed by atoms with E-state index in [1.165, 1.54) is 0 Å². The molecule has 2 aromatic rings. The van der Waals surface area contributed by atoms with Gasteiger partial charge in [0.15, 0.2) is 4.77 Å². The number of H-pyrrole nitrogens is 1. The summed E-state index contributed by atoms with van der Waals surface area (Å²) in [5.74, 6) is 0.706. The van der Waals surface area contributed by atoms with Gasteiger partial charge in [-0.2, -0.15) is 13.2 Å². The molecule has 0 atom stereocenters. The summed E-state index contributed by atoms with van der Waals surface area (Å²) in [4.78, 5) is 3.03. The van der Waals surface area contributed by atoms with E-state index in [2.05, 4.69) is 4.98 Å².